The number of ether oxygens (including phenoxy) is 1. The molecular formula is C28H17Cl2NO5. The maximum Gasteiger partial charge on any atom is 0.241 e. The van der Waals surface area contributed by atoms with Gasteiger partial charge in [0.25, 0.3) is 0 Å². The van der Waals surface area contributed by atoms with Crippen LogP contribution in [0.1, 0.15) is 26.3 Å². The number of carbonyl (C=O) groups is 4. The lowest BCUT2D eigenvalue weighted by atomic mass is 9.78. The molecule has 36 heavy (non-hydrogen) atoms. The van der Waals surface area contributed by atoms with E-state index in [9.17, 15) is 19.2 Å². The van der Waals surface area contributed by atoms with Gasteiger partial charge in [-0.1, -0.05) is 96.0 Å². The van der Waals surface area contributed by atoms with Crippen molar-refractivity contribution < 1.29 is 23.9 Å². The van der Waals surface area contributed by atoms with Gasteiger partial charge in [-0.05, 0) is 17.7 Å². The SMILES string of the molecule is O=C1C2C(/C=C/c3ccccc3)OC3(C(=O)c4ccccc4C3=O)C2C(=O)N1c1cccc(Cl)c1Cl. The molecule has 6 rings (SSSR count). The number of hydrogen-bond acceptors (Lipinski definition) is 5. The van der Waals surface area contributed by atoms with Gasteiger partial charge in [0.05, 0.1) is 33.7 Å². The van der Waals surface area contributed by atoms with Crippen LogP contribution in [0, 0.1) is 11.8 Å². The summed E-state index contributed by atoms with van der Waals surface area (Å²) in [4.78, 5) is 56.0. The molecule has 0 radical (unpaired) electrons. The average Bonchev–Trinajstić information content (AvgIpc) is 3.45. The van der Waals surface area contributed by atoms with Crippen LogP contribution in [0.3, 0.4) is 0 Å². The van der Waals surface area contributed by atoms with Gasteiger partial charge in [0, 0.05) is 11.1 Å². The predicted molar refractivity (Wildman–Crippen MR) is 134 cm³/mol. The Morgan fingerprint density at radius 1 is 0.778 bits per heavy atom. The summed E-state index contributed by atoms with van der Waals surface area (Å²) in [6, 6.07) is 20.2. The van der Waals surface area contributed by atoms with E-state index in [1.807, 2.05) is 30.3 Å². The molecule has 6 nitrogen and oxygen atoms in total. The van der Waals surface area contributed by atoms with Gasteiger partial charge in [-0.25, -0.2) is 4.90 Å². The zero-order valence-electron chi connectivity index (χ0n) is 18.6. The van der Waals surface area contributed by atoms with Crippen molar-refractivity contribution in [1.29, 1.82) is 0 Å². The lowest BCUT2D eigenvalue weighted by Crippen LogP contribution is -2.51. The van der Waals surface area contributed by atoms with Crippen LogP contribution in [0.4, 0.5) is 5.69 Å². The molecule has 0 N–H and O–H groups in total. The van der Waals surface area contributed by atoms with Crippen LogP contribution in [0.2, 0.25) is 10.0 Å². The Hall–Kier alpha value is -3.58. The highest BCUT2D eigenvalue weighted by Crippen LogP contribution is 2.54. The second-order valence-corrected chi connectivity index (χ2v) is 9.67. The van der Waals surface area contributed by atoms with Crippen molar-refractivity contribution in [1.82, 2.24) is 0 Å². The van der Waals surface area contributed by atoms with E-state index in [-0.39, 0.29) is 26.9 Å². The number of halogens is 2. The molecule has 2 fully saturated rings. The van der Waals surface area contributed by atoms with Crippen molar-refractivity contribution in [3.05, 3.63) is 106 Å². The van der Waals surface area contributed by atoms with Crippen LogP contribution in [0.25, 0.3) is 6.08 Å². The Labute approximate surface area is 216 Å². The van der Waals surface area contributed by atoms with Crippen molar-refractivity contribution in [2.45, 2.75) is 11.7 Å². The van der Waals surface area contributed by atoms with Gasteiger partial charge in [0.15, 0.2) is 0 Å². The molecule has 3 unspecified atom stereocenters. The number of nitrogens with zero attached hydrogens (tertiary/aromatic N) is 1. The Morgan fingerprint density at radius 2 is 1.42 bits per heavy atom. The highest BCUT2D eigenvalue weighted by atomic mass is 35.5. The molecule has 0 saturated carbocycles. The molecule has 2 heterocycles. The molecule has 3 atom stereocenters. The lowest BCUT2D eigenvalue weighted by Gasteiger charge is -2.27. The summed E-state index contributed by atoms with van der Waals surface area (Å²) in [6.45, 7) is 0. The molecule has 178 valence electrons. The molecule has 2 saturated heterocycles. The van der Waals surface area contributed by atoms with E-state index in [1.54, 1.807) is 30.4 Å². The van der Waals surface area contributed by atoms with E-state index >= 15 is 0 Å². The molecule has 2 aliphatic heterocycles. The van der Waals surface area contributed by atoms with Crippen molar-refractivity contribution in [3.63, 3.8) is 0 Å². The number of imide groups is 1. The summed E-state index contributed by atoms with van der Waals surface area (Å²) in [5.74, 6) is -5.01. The summed E-state index contributed by atoms with van der Waals surface area (Å²) >= 11 is 12.5. The van der Waals surface area contributed by atoms with E-state index in [0.717, 1.165) is 10.5 Å². The third kappa shape index (κ3) is 3.02. The van der Waals surface area contributed by atoms with Gasteiger partial charge >= 0.3 is 0 Å². The van der Waals surface area contributed by atoms with Crippen LogP contribution in [-0.2, 0) is 14.3 Å². The number of Topliss-reactive ketones (excluding diaryl/α,β-unsaturated/α-hetero) is 2. The molecule has 1 aliphatic carbocycles. The van der Waals surface area contributed by atoms with Crippen LogP contribution in [-0.4, -0.2) is 35.1 Å². The summed E-state index contributed by atoms with van der Waals surface area (Å²) in [5, 5.41) is 0.193. The van der Waals surface area contributed by atoms with E-state index in [2.05, 4.69) is 0 Å². The van der Waals surface area contributed by atoms with Crippen molar-refractivity contribution >= 4 is 58.3 Å². The van der Waals surface area contributed by atoms with Crippen LogP contribution in [0.15, 0.2) is 78.9 Å². The summed E-state index contributed by atoms with van der Waals surface area (Å²) in [7, 11) is 0. The van der Waals surface area contributed by atoms with Crippen LogP contribution in [0.5, 0.6) is 0 Å². The average molecular weight is 518 g/mol. The fraction of sp³-hybridized carbons (Fsp3) is 0.143. The van der Waals surface area contributed by atoms with Gasteiger partial charge in [0.2, 0.25) is 29.0 Å². The first-order chi connectivity index (χ1) is 17.4. The molecule has 0 aromatic heterocycles. The lowest BCUT2D eigenvalue weighted by molar-refractivity contribution is -0.126. The van der Waals surface area contributed by atoms with Gasteiger partial charge in [-0.3, -0.25) is 19.2 Å². The molecule has 3 aromatic rings. The number of hydrogen-bond donors (Lipinski definition) is 0. The normalized spacial score (nSPS) is 24.3. The van der Waals surface area contributed by atoms with Gasteiger partial charge in [-0.15, -0.1) is 0 Å². The van der Waals surface area contributed by atoms with Crippen molar-refractivity contribution in [2.24, 2.45) is 11.8 Å². The Kier molecular flexibility index (Phi) is 5.23. The van der Waals surface area contributed by atoms with Crippen LogP contribution < -0.4 is 4.90 Å². The first kappa shape index (κ1) is 22.9. The maximum absolute atomic E-state index is 13.9. The number of carbonyl (C=O) groups excluding carboxylic acids is 4. The predicted octanol–water partition coefficient (Wildman–Crippen LogP) is 5.03. The van der Waals surface area contributed by atoms with Gasteiger partial charge in [0.1, 0.15) is 0 Å². The number of anilines is 1. The highest BCUT2D eigenvalue weighted by Gasteiger charge is 2.74. The number of ketones is 2. The number of fused-ring (bicyclic) bond motifs is 3. The molecule has 8 heteroatoms. The van der Waals surface area contributed by atoms with Crippen molar-refractivity contribution in [2.75, 3.05) is 4.90 Å². The summed E-state index contributed by atoms with van der Waals surface area (Å²) in [6.07, 6.45) is 2.36. The molecule has 2 amide bonds. The summed E-state index contributed by atoms with van der Waals surface area (Å²) < 4.78 is 6.17. The minimum atomic E-state index is -2.13. The number of rotatable bonds is 3. The van der Waals surface area contributed by atoms with Gasteiger partial charge < -0.3 is 4.74 Å². The van der Waals surface area contributed by atoms with Crippen molar-refractivity contribution in [3.8, 4) is 0 Å². The zero-order valence-corrected chi connectivity index (χ0v) is 20.1. The molecule has 0 bridgehead atoms. The quantitative estimate of drug-likeness (QED) is 0.359. The molecule has 1 spiro atoms. The van der Waals surface area contributed by atoms with E-state index in [4.69, 9.17) is 27.9 Å². The standard InChI is InChI=1S/C28H17Cl2NO5/c29-18-11-6-12-19(23(18)30)31-26(34)21-20(14-13-15-7-2-1-3-8-15)36-28(22(21)27(31)35)24(32)16-9-4-5-10-17(16)25(28)33/h1-14,20-22H/b14-13+. The monoisotopic (exact) mass is 517 g/mol. The maximum atomic E-state index is 13.9. The second kappa shape index (κ2) is 8.23. The van der Waals surface area contributed by atoms with E-state index in [1.165, 1.54) is 24.3 Å². The Balaban J connectivity index is 1.50. The fourth-order valence-electron chi connectivity index (χ4n) is 5.41. The number of amides is 2. The first-order valence-electron chi connectivity index (χ1n) is 11.3. The molecule has 3 aromatic carbocycles. The third-order valence-corrected chi connectivity index (χ3v) is 7.81. The Bertz CT molecular complexity index is 1460. The molecule has 3 aliphatic rings. The highest BCUT2D eigenvalue weighted by molar-refractivity contribution is 6.45. The minimum absolute atomic E-state index is 0.0274. The topological polar surface area (TPSA) is 80.8 Å². The first-order valence-corrected chi connectivity index (χ1v) is 12.0. The third-order valence-electron chi connectivity index (χ3n) is 7.01. The molecular weight excluding hydrogens is 501 g/mol. The smallest absolute Gasteiger partial charge is 0.241 e. The zero-order chi connectivity index (χ0) is 25.2. The van der Waals surface area contributed by atoms with Gasteiger partial charge in [-0.2, -0.15) is 0 Å². The minimum Gasteiger partial charge on any atom is -0.350 e. The Morgan fingerprint density at radius 3 is 2.08 bits per heavy atom. The largest absolute Gasteiger partial charge is 0.350 e. The van der Waals surface area contributed by atoms with E-state index in [0.29, 0.717) is 0 Å². The van der Waals surface area contributed by atoms with E-state index < -0.39 is 46.9 Å². The van der Waals surface area contributed by atoms with Crippen LogP contribution >= 0.6 is 23.2 Å². The fourth-order valence-corrected chi connectivity index (χ4v) is 5.79. The number of benzene rings is 3. The summed E-state index contributed by atoms with van der Waals surface area (Å²) in [5.41, 5.74) is -0.851. The second-order valence-electron chi connectivity index (χ2n) is 8.88.